The van der Waals surface area contributed by atoms with Crippen molar-refractivity contribution < 1.29 is 4.74 Å². The molecule has 6 heterocycles. The quantitative estimate of drug-likeness (QED) is 0.127. The van der Waals surface area contributed by atoms with Gasteiger partial charge in [-0.3, -0.25) is 0 Å². The summed E-state index contributed by atoms with van der Waals surface area (Å²) < 4.78 is 12.5. The van der Waals surface area contributed by atoms with E-state index in [1.165, 1.54) is 62.2 Å². The van der Waals surface area contributed by atoms with Gasteiger partial charge in [0.1, 0.15) is 11.5 Å². The predicted octanol–water partition coefficient (Wildman–Crippen LogP) is 21.5. The van der Waals surface area contributed by atoms with Crippen LogP contribution in [-0.4, -0.2) is 13.4 Å². The number of rotatable bonds is 10. The van der Waals surface area contributed by atoms with Gasteiger partial charge in [0.05, 0.1) is 37.8 Å². The molecule has 6 nitrogen and oxygen atoms in total. The molecule has 2 aromatic heterocycles. The molecular formula is C90H57B2N5OS2. The Morgan fingerprint density at radius 1 is 0.270 bits per heavy atom. The maximum absolute atomic E-state index is 7.54. The lowest BCUT2D eigenvalue weighted by atomic mass is 9.30. The van der Waals surface area contributed by atoms with Gasteiger partial charge in [0.25, 0.3) is 13.4 Å². The molecular weight excluding hydrogens is 1250 g/mol. The van der Waals surface area contributed by atoms with Crippen LogP contribution in [0.1, 0.15) is 0 Å². The van der Waals surface area contributed by atoms with Crippen LogP contribution in [0.3, 0.4) is 0 Å². The van der Waals surface area contributed by atoms with Crippen LogP contribution in [0.25, 0.3) is 51.5 Å². The van der Waals surface area contributed by atoms with E-state index in [4.69, 9.17) is 4.74 Å². The molecule has 0 radical (unpaired) electrons. The highest BCUT2D eigenvalue weighted by Gasteiger charge is 2.49. The molecule has 0 spiro atoms. The van der Waals surface area contributed by atoms with E-state index < -0.39 is 0 Å². The van der Waals surface area contributed by atoms with Crippen LogP contribution < -0.4 is 62.0 Å². The van der Waals surface area contributed by atoms with E-state index in [2.05, 4.69) is 370 Å². The third-order valence-electron chi connectivity index (χ3n) is 20.8. The van der Waals surface area contributed by atoms with Gasteiger partial charge in [-0.25, -0.2) is 0 Å². The maximum Gasteiger partial charge on any atom is 0.256 e. The summed E-state index contributed by atoms with van der Waals surface area (Å²) in [6.07, 6.45) is 0. The number of anilines is 15. The molecule has 0 atom stereocenters. The van der Waals surface area contributed by atoms with Crippen molar-refractivity contribution in [2.24, 2.45) is 0 Å². The molecule has 4 aliphatic heterocycles. The van der Waals surface area contributed by atoms with Gasteiger partial charge in [-0.15, -0.1) is 22.7 Å². The Balaban J connectivity index is 0.903. The number of nitrogens with zero attached hydrogens (tertiary/aromatic N) is 5. The minimum Gasteiger partial charge on any atom is -0.458 e. The molecule has 0 aliphatic carbocycles. The van der Waals surface area contributed by atoms with Crippen molar-refractivity contribution in [1.29, 1.82) is 0 Å². The number of hydrogen-bond donors (Lipinski definition) is 0. The fourth-order valence-corrected chi connectivity index (χ4v) is 19.1. The molecule has 0 bridgehead atoms. The third-order valence-corrected chi connectivity index (χ3v) is 23.2. The van der Waals surface area contributed by atoms with E-state index in [0.29, 0.717) is 0 Å². The first-order valence-corrected chi connectivity index (χ1v) is 35.8. The van der Waals surface area contributed by atoms with Gasteiger partial charge < -0.3 is 29.2 Å². The van der Waals surface area contributed by atoms with Gasteiger partial charge in [0.2, 0.25) is 0 Å². The van der Waals surface area contributed by atoms with Crippen LogP contribution in [0.2, 0.25) is 0 Å². The van der Waals surface area contributed by atoms with Crippen LogP contribution in [0.4, 0.5) is 85.3 Å². The summed E-state index contributed by atoms with van der Waals surface area (Å²) in [5, 5.41) is 4.97. The molecule has 0 unspecified atom stereocenters. The summed E-state index contributed by atoms with van der Waals surface area (Å²) in [6, 6.07) is 128. The molecule has 100 heavy (non-hydrogen) atoms. The summed E-state index contributed by atoms with van der Waals surface area (Å²) in [7, 11) is 0. The molecule has 466 valence electrons. The molecule has 0 saturated heterocycles. The van der Waals surface area contributed by atoms with Crippen LogP contribution in [-0.2, 0) is 0 Å². The zero-order chi connectivity index (χ0) is 65.5. The highest BCUT2D eigenvalue weighted by molar-refractivity contribution is 7.27. The average Bonchev–Trinajstić information content (AvgIpc) is 0.715. The lowest BCUT2D eigenvalue weighted by Crippen LogP contribution is -2.64. The number of para-hydroxylation sites is 7. The van der Waals surface area contributed by atoms with Crippen LogP contribution in [0.15, 0.2) is 346 Å². The zero-order valence-corrected chi connectivity index (χ0v) is 55.7. The largest absolute Gasteiger partial charge is 0.458 e. The number of hydrogen-bond acceptors (Lipinski definition) is 8. The van der Waals surface area contributed by atoms with Gasteiger partial charge in [-0.2, -0.15) is 0 Å². The SMILES string of the molecule is c1ccc(-c2ccccc2N2c3cc4c(cc3B3c5ccccc5N(c5ccccc5)c5cc(N(c6ccccc6)c6ccccc6)cc2c53)B2c3ccccc3Oc3cc(N(c5ccccc5)c5cccc6c5sc5ccccc56)cc(c32)N4c2cccc3c2sc2ccccc23)cc1. The number of benzene rings is 15. The van der Waals surface area contributed by atoms with Gasteiger partial charge >= 0.3 is 0 Å². The van der Waals surface area contributed by atoms with Crippen LogP contribution >= 0.6 is 22.7 Å². The molecule has 17 aromatic rings. The van der Waals surface area contributed by atoms with Crippen molar-refractivity contribution in [2.75, 3.05) is 24.5 Å². The minimum absolute atomic E-state index is 0.216. The highest BCUT2D eigenvalue weighted by atomic mass is 32.1. The Kier molecular flexibility index (Phi) is 12.9. The first-order chi connectivity index (χ1) is 49.6. The van der Waals surface area contributed by atoms with Gasteiger partial charge in [-0.1, -0.05) is 224 Å². The molecule has 21 rings (SSSR count). The van der Waals surface area contributed by atoms with E-state index in [-0.39, 0.29) is 13.4 Å². The van der Waals surface area contributed by atoms with Crippen molar-refractivity contribution in [3.05, 3.63) is 346 Å². The highest BCUT2D eigenvalue weighted by Crippen LogP contribution is 2.55. The zero-order valence-electron chi connectivity index (χ0n) is 54.0. The summed E-state index contributed by atoms with van der Waals surface area (Å²) in [5.74, 6) is 1.69. The Hall–Kier alpha value is -12.3. The smallest absolute Gasteiger partial charge is 0.256 e. The van der Waals surface area contributed by atoms with Crippen molar-refractivity contribution in [2.45, 2.75) is 0 Å². The number of ether oxygens (including phenoxy) is 1. The monoisotopic (exact) mass is 1310 g/mol. The molecule has 10 heteroatoms. The first kappa shape index (κ1) is 56.8. The van der Waals surface area contributed by atoms with Crippen molar-refractivity contribution in [1.82, 2.24) is 0 Å². The maximum atomic E-state index is 7.54. The predicted molar refractivity (Wildman–Crippen MR) is 427 cm³/mol. The van der Waals surface area contributed by atoms with E-state index in [1.54, 1.807) is 0 Å². The standard InChI is InChI=1S/C90H57B2N5OS2/c1-6-28-58(29-7-1)65-38-16-21-45-74(65)96-78-57-79-73(56-72(78)91-70-43-19-22-46-75(70)95(62-36-14-5-15-37-62)80-52-63(53-81(96)87(80)91)93(59-30-8-2-9-31-59)60-32-10-3-11-33-60)92-71-44-20-23-49-83(71)98-84-55-64(54-82(88(84)92)97(79)77-48-27-42-69-67-40-18-25-51-86(67)100-90(69)77)94(61-34-12-4-13-35-61)76-47-26-41-68-66-39-17-24-50-85(66)99-89(68)76/h1-57H. The second kappa shape index (κ2) is 22.6. The van der Waals surface area contributed by atoms with E-state index in [9.17, 15) is 0 Å². The third kappa shape index (κ3) is 8.64. The van der Waals surface area contributed by atoms with Gasteiger partial charge in [-0.05, 0) is 154 Å². The van der Waals surface area contributed by atoms with Crippen LogP contribution in [0.5, 0.6) is 11.5 Å². The summed E-state index contributed by atoms with van der Waals surface area (Å²) in [4.78, 5) is 12.7. The van der Waals surface area contributed by atoms with Gasteiger partial charge in [0.15, 0.2) is 0 Å². The Bertz CT molecular complexity index is 6110. The molecule has 0 saturated carbocycles. The normalized spacial score (nSPS) is 13.0. The van der Waals surface area contributed by atoms with Crippen molar-refractivity contribution in [3.8, 4) is 22.6 Å². The van der Waals surface area contributed by atoms with E-state index in [0.717, 1.165) is 119 Å². The average molecular weight is 1310 g/mol. The van der Waals surface area contributed by atoms with Gasteiger partial charge in [0, 0.05) is 99.4 Å². The second-order valence-electron chi connectivity index (χ2n) is 26.2. The molecule has 0 amide bonds. The van der Waals surface area contributed by atoms with E-state index in [1.807, 2.05) is 22.7 Å². The second-order valence-corrected chi connectivity index (χ2v) is 28.3. The summed E-state index contributed by atoms with van der Waals surface area (Å²) in [5.41, 5.74) is 25.7. The number of thiophene rings is 2. The first-order valence-electron chi connectivity index (χ1n) is 34.2. The lowest BCUT2D eigenvalue weighted by Gasteiger charge is -2.47. The number of fused-ring (bicyclic) bond motifs is 14. The summed E-state index contributed by atoms with van der Waals surface area (Å²) >= 11 is 3.73. The molecule has 0 N–H and O–H groups in total. The Morgan fingerprint density at radius 2 is 0.740 bits per heavy atom. The molecule has 4 aliphatic rings. The van der Waals surface area contributed by atoms with Crippen molar-refractivity contribution >= 4 is 195 Å². The Morgan fingerprint density at radius 3 is 1.42 bits per heavy atom. The topological polar surface area (TPSA) is 25.4 Å². The van der Waals surface area contributed by atoms with Crippen LogP contribution in [0, 0.1) is 0 Å². The van der Waals surface area contributed by atoms with Crippen molar-refractivity contribution in [3.63, 3.8) is 0 Å². The molecule has 15 aromatic carbocycles. The lowest BCUT2D eigenvalue weighted by molar-refractivity contribution is 0.487. The fraction of sp³-hybridized carbons (Fsp3) is 0. The minimum atomic E-state index is -0.239. The fourth-order valence-electron chi connectivity index (χ4n) is 16.7. The Labute approximate surface area is 588 Å². The summed E-state index contributed by atoms with van der Waals surface area (Å²) in [6.45, 7) is -0.456. The van der Waals surface area contributed by atoms with E-state index >= 15 is 0 Å². The molecule has 0 fully saturated rings.